The topological polar surface area (TPSA) is 66.9 Å². The van der Waals surface area contributed by atoms with Crippen LogP contribution in [0.25, 0.3) is 11.3 Å². The molecule has 1 fully saturated rings. The van der Waals surface area contributed by atoms with Gasteiger partial charge in [-0.3, -0.25) is 9.78 Å². The number of rotatable bonds is 6. The van der Waals surface area contributed by atoms with Gasteiger partial charge in [-0.25, -0.2) is 4.98 Å². The van der Waals surface area contributed by atoms with Gasteiger partial charge in [0, 0.05) is 17.2 Å². The molecule has 2 aliphatic rings. The van der Waals surface area contributed by atoms with Crippen LogP contribution in [0.1, 0.15) is 19.3 Å². The summed E-state index contributed by atoms with van der Waals surface area (Å²) in [6, 6.07) is 7.69. The maximum absolute atomic E-state index is 11.9. The molecular weight excluding hydrogens is 336 g/mol. The predicted molar refractivity (Wildman–Crippen MR) is 108 cm³/mol. The van der Waals surface area contributed by atoms with Gasteiger partial charge in [-0.1, -0.05) is 42.5 Å². The zero-order valence-electron chi connectivity index (χ0n) is 15.1. The molecule has 27 heavy (non-hydrogen) atoms. The summed E-state index contributed by atoms with van der Waals surface area (Å²) in [4.78, 5) is 20.9. The fraction of sp³-hybridized carbons (Fsp3) is 0.227. The molecule has 2 N–H and O–H groups in total. The minimum atomic E-state index is -0.348. The molecule has 5 nitrogen and oxygen atoms in total. The van der Waals surface area contributed by atoms with Crippen molar-refractivity contribution < 1.29 is 4.79 Å². The number of amides is 1. The van der Waals surface area contributed by atoms with E-state index in [0.29, 0.717) is 5.82 Å². The van der Waals surface area contributed by atoms with Gasteiger partial charge in [0.05, 0.1) is 23.6 Å². The van der Waals surface area contributed by atoms with E-state index in [-0.39, 0.29) is 17.4 Å². The van der Waals surface area contributed by atoms with Gasteiger partial charge in [-0.2, -0.15) is 0 Å². The van der Waals surface area contributed by atoms with Crippen molar-refractivity contribution in [1.29, 1.82) is 0 Å². The minimum Gasteiger partial charge on any atom is -0.356 e. The van der Waals surface area contributed by atoms with E-state index in [4.69, 9.17) is 4.98 Å². The Labute approximate surface area is 158 Å². The summed E-state index contributed by atoms with van der Waals surface area (Å²) < 4.78 is 0. The van der Waals surface area contributed by atoms with Gasteiger partial charge in [0.1, 0.15) is 5.82 Å². The first-order valence-corrected chi connectivity index (χ1v) is 9.17. The van der Waals surface area contributed by atoms with E-state index in [1.165, 1.54) is 0 Å². The van der Waals surface area contributed by atoms with Crippen LogP contribution in [0.4, 0.5) is 11.5 Å². The van der Waals surface area contributed by atoms with E-state index >= 15 is 0 Å². The molecule has 0 spiro atoms. The van der Waals surface area contributed by atoms with Crippen molar-refractivity contribution in [2.75, 3.05) is 10.6 Å². The van der Waals surface area contributed by atoms with Crippen LogP contribution in [0.2, 0.25) is 0 Å². The van der Waals surface area contributed by atoms with Crippen molar-refractivity contribution in [1.82, 2.24) is 9.97 Å². The summed E-state index contributed by atoms with van der Waals surface area (Å²) >= 11 is 0. The third kappa shape index (κ3) is 3.97. The molecule has 1 aromatic carbocycles. The van der Waals surface area contributed by atoms with E-state index in [0.717, 1.165) is 36.2 Å². The third-order valence-electron chi connectivity index (χ3n) is 4.85. The van der Waals surface area contributed by atoms with Crippen molar-refractivity contribution in [2.24, 2.45) is 5.92 Å². The molecule has 2 aromatic rings. The van der Waals surface area contributed by atoms with E-state index in [9.17, 15) is 4.79 Å². The molecule has 0 unspecified atom stereocenters. The van der Waals surface area contributed by atoms with Crippen LogP contribution in [0.5, 0.6) is 0 Å². The van der Waals surface area contributed by atoms with Gasteiger partial charge in [-0.05, 0) is 31.4 Å². The number of nitrogens with one attached hydrogen (secondary N) is 2. The molecule has 5 heteroatoms. The smallest absolute Gasteiger partial charge is 0.227 e. The standard InChI is InChI=1S/C22H22N4O/c1-2-22(12-4-3-5-13-22)26-20-15-23-14-19(25-20)16-8-10-18(11-9-16)24-21(27)17-6-7-17/h2-5,8-12,14-15,17H,1,6-7,13H2,(H,24,27)(H,25,26)/t22-/m0/s1. The summed E-state index contributed by atoms with van der Waals surface area (Å²) in [5.41, 5.74) is 2.18. The Morgan fingerprint density at radius 2 is 2.00 bits per heavy atom. The number of anilines is 2. The van der Waals surface area contributed by atoms with Crippen molar-refractivity contribution in [3.05, 3.63) is 73.6 Å². The lowest BCUT2D eigenvalue weighted by Gasteiger charge is -2.29. The minimum absolute atomic E-state index is 0.109. The van der Waals surface area contributed by atoms with Gasteiger partial charge in [0.25, 0.3) is 0 Å². The zero-order chi connectivity index (χ0) is 18.7. The summed E-state index contributed by atoms with van der Waals surface area (Å²) in [7, 11) is 0. The van der Waals surface area contributed by atoms with Crippen LogP contribution < -0.4 is 10.6 Å². The molecule has 2 aliphatic carbocycles. The van der Waals surface area contributed by atoms with Crippen molar-refractivity contribution in [3.63, 3.8) is 0 Å². The van der Waals surface area contributed by atoms with Crippen LogP contribution in [0, 0.1) is 5.92 Å². The molecular formula is C22H22N4O. The van der Waals surface area contributed by atoms with Crippen LogP contribution in [-0.2, 0) is 4.79 Å². The molecule has 1 amide bonds. The Morgan fingerprint density at radius 3 is 2.67 bits per heavy atom. The lowest BCUT2D eigenvalue weighted by molar-refractivity contribution is -0.117. The van der Waals surface area contributed by atoms with E-state index in [1.807, 2.05) is 42.5 Å². The number of allylic oxidation sites excluding steroid dienone is 2. The Balaban J connectivity index is 1.50. The highest BCUT2D eigenvalue weighted by atomic mass is 16.2. The molecule has 1 saturated carbocycles. The fourth-order valence-electron chi connectivity index (χ4n) is 3.05. The molecule has 1 atom stereocenters. The SMILES string of the molecule is C=C[C@]1(Nc2cncc(-c3ccc(NC(=O)C4CC4)cc3)n2)C=CC=CC1. The Bertz CT molecular complexity index is 912. The molecule has 4 rings (SSSR count). The lowest BCUT2D eigenvalue weighted by atomic mass is 9.91. The molecule has 0 aliphatic heterocycles. The van der Waals surface area contributed by atoms with Crippen molar-refractivity contribution >= 4 is 17.4 Å². The van der Waals surface area contributed by atoms with Gasteiger partial charge >= 0.3 is 0 Å². The van der Waals surface area contributed by atoms with Crippen LogP contribution in [-0.4, -0.2) is 21.4 Å². The van der Waals surface area contributed by atoms with E-state index in [1.54, 1.807) is 12.4 Å². The molecule has 0 bridgehead atoms. The predicted octanol–water partition coefficient (Wildman–Crippen LogP) is 4.34. The first-order chi connectivity index (χ1) is 13.2. The van der Waals surface area contributed by atoms with Gasteiger partial charge in [0.2, 0.25) is 5.91 Å². The Morgan fingerprint density at radius 1 is 1.19 bits per heavy atom. The van der Waals surface area contributed by atoms with E-state index < -0.39 is 0 Å². The molecule has 0 saturated heterocycles. The maximum atomic E-state index is 11.9. The monoisotopic (exact) mass is 358 g/mol. The number of benzene rings is 1. The molecule has 1 aromatic heterocycles. The van der Waals surface area contributed by atoms with Gasteiger partial charge in [-0.15, -0.1) is 6.58 Å². The number of carbonyl (C=O) groups excluding carboxylic acids is 1. The Kier molecular flexibility index (Phi) is 4.59. The summed E-state index contributed by atoms with van der Waals surface area (Å²) in [5.74, 6) is 0.996. The second-order valence-corrected chi connectivity index (χ2v) is 6.99. The number of hydrogen-bond acceptors (Lipinski definition) is 4. The van der Waals surface area contributed by atoms with E-state index in [2.05, 4.69) is 34.3 Å². The first kappa shape index (κ1) is 17.2. The highest BCUT2D eigenvalue weighted by molar-refractivity contribution is 5.94. The van der Waals surface area contributed by atoms with Crippen LogP contribution >= 0.6 is 0 Å². The number of aromatic nitrogens is 2. The maximum Gasteiger partial charge on any atom is 0.227 e. The average molecular weight is 358 g/mol. The number of carbonyl (C=O) groups is 1. The normalized spacial score (nSPS) is 20.9. The summed E-state index contributed by atoms with van der Waals surface area (Å²) in [6.45, 7) is 3.95. The fourth-order valence-corrected chi connectivity index (χ4v) is 3.05. The number of hydrogen-bond donors (Lipinski definition) is 2. The van der Waals surface area contributed by atoms with Crippen molar-refractivity contribution in [2.45, 2.75) is 24.8 Å². The zero-order valence-corrected chi connectivity index (χ0v) is 15.1. The Hall–Kier alpha value is -3.21. The van der Waals surface area contributed by atoms with Gasteiger partial charge in [0.15, 0.2) is 0 Å². The summed E-state index contributed by atoms with van der Waals surface area (Å²) in [5, 5.41) is 6.37. The van der Waals surface area contributed by atoms with Crippen LogP contribution in [0.3, 0.4) is 0 Å². The quantitative estimate of drug-likeness (QED) is 0.754. The molecule has 136 valence electrons. The second kappa shape index (κ2) is 7.19. The first-order valence-electron chi connectivity index (χ1n) is 9.17. The second-order valence-electron chi connectivity index (χ2n) is 6.99. The molecule has 1 heterocycles. The molecule has 0 radical (unpaired) electrons. The van der Waals surface area contributed by atoms with Gasteiger partial charge < -0.3 is 10.6 Å². The largest absolute Gasteiger partial charge is 0.356 e. The van der Waals surface area contributed by atoms with Crippen LogP contribution in [0.15, 0.2) is 73.6 Å². The number of nitrogens with zero attached hydrogens (tertiary/aromatic N) is 2. The highest BCUT2D eigenvalue weighted by Gasteiger charge is 2.29. The average Bonchev–Trinajstić information content (AvgIpc) is 3.55. The van der Waals surface area contributed by atoms with Crippen molar-refractivity contribution in [3.8, 4) is 11.3 Å². The summed E-state index contributed by atoms with van der Waals surface area (Å²) in [6.07, 6.45) is 16.3. The lowest BCUT2D eigenvalue weighted by Crippen LogP contribution is -2.34. The highest BCUT2D eigenvalue weighted by Crippen LogP contribution is 2.30. The third-order valence-corrected chi connectivity index (χ3v) is 4.85.